The number of amides is 2. The summed E-state index contributed by atoms with van der Waals surface area (Å²) in [6, 6.07) is 16.3. The molecule has 3 aliphatic rings. The monoisotopic (exact) mass is 478 g/mol. The smallest absolute Gasteiger partial charge is 0.407 e. The number of fused-ring (bicyclic) bond motifs is 4. The number of benzene rings is 2. The van der Waals surface area contributed by atoms with Crippen LogP contribution in [-0.2, 0) is 19.1 Å². The van der Waals surface area contributed by atoms with E-state index in [-0.39, 0.29) is 50.7 Å². The van der Waals surface area contributed by atoms with E-state index in [4.69, 9.17) is 9.47 Å². The van der Waals surface area contributed by atoms with Gasteiger partial charge in [-0.15, -0.1) is 0 Å². The SMILES string of the molecule is O=C(NCCOCC(=O)N1C[C@@H]2CCC[C@]2(C(=O)O)C1)OCC1c2ccccc2-c2ccccc21. The first-order chi connectivity index (χ1) is 17.0. The molecular formula is C27H30N2O6. The van der Waals surface area contributed by atoms with Crippen LogP contribution < -0.4 is 5.32 Å². The molecule has 2 aromatic rings. The second-order valence-corrected chi connectivity index (χ2v) is 9.63. The Morgan fingerprint density at radius 1 is 1.06 bits per heavy atom. The molecule has 2 amide bonds. The van der Waals surface area contributed by atoms with Gasteiger partial charge < -0.3 is 24.8 Å². The van der Waals surface area contributed by atoms with E-state index < -0.39 is 17.5 Å². The van der Waals surface area contributed by atoms with E-state index in [0.29, 0.717) is 13.0 Å². The molecule has 0 unspecified atom stereocenters. The predicted octanol–water partition coefficient (Wildman–Crippen LogP) is 3.26. The van der Waals surface area contributed by atoms with Crippen LogP contribution in [0.2, 0.25) is 0 Å². The maximum Gasteiger partial charge on any atom is 0.407 e. The van der Waals surface area contributed by atoms with Crippen LogP contribution in [0.25, 0.3) is 11.1 Å². The van der Waals surface area contributed by atoms with E-state index in [0.717, 1.165) is 24.0 Å². The number of likely N-dealkylation sites (tertiary alicyclic amines) is 1. The zero-order chi connectivity index (χ0) is 24.4. The zero-order valence-corrected chi connectivity index (χ0v) is 19.6. The van der Waals surface area contributed by atoms with Crippen LogP contribution in [0.5, 0.6) is 0 Å². The van der Waals surface area contributed by atoms with Gasteiger partial charge in [0.1, 0.15) is 13.2 Å². The minimum Gasteiger partial charge on any atom is -0.481 e. The Morgan fingerprint density at radius 3 is 2.40 bits per heavy atom. The molecule has 0 radical (unpaired) electrons. The molecule has 1 saturated heterocycles. The predicted molar refractivity (Wildman–Crippen MR) is 128 cm³/mol. The Labute approximate surface area is 204 Å². The quantitative estimate of drug-likeness (QED) is 0.565. The molecule has 2 N–H and O–H groups in total. The lowest BCUT2D eigenvalue weighted by Gasteiger charge is -2.23. The Morgan fingerprint density at radius 2 is 1.74 bits per heavy atom. The number of hydrogen-bond donors (Lipinski definition) is 2. The lowest BCUT2D eigenvalue weighted by Crippen LogP contribution is -2.38. The highest BCUT2D eigenvalue weighted by Crippen LogP contribution is 2.49. The van der Waals surface area contributed by atoms with Crippen LogP contribution in [0, 0.1) is 11.3 Å². The number of ether oxygens (including phenoxy) is 2. The van der Waals surface area contributed by atoms with Gasteiger partial charge in [0.15, 0.2) is 0 Å². The summed E-state index contributed by atoms with van der Waals surface area (Å²) in [6.07, 6.45) is 1.84. The van der Waals surface area contributed by atoms with E-state index in [1.54, 1.807) is 4.90 Å². The van der Waals surface area contributed by atoms with E-state index in [1.165, 1.54) is 11.1 Å². The maximum atomic E-state index is 12.5. The normalized spacial score (nSPS) is 22.4. The number of carbonyl (C=O) groups excluding carboxylic acids is 2. The summed E-state index contributed by atoms with van der Waals surface area (Å²) in [5, 5.41) is 12.3. The number of rotatable bonds is 8. The second-order valence-electron chi connectivity index (χ2n) is 9.63. The van der Waals surface area contributed by atoms with Crippen molar-refractivity contribution in [3.8, 4) is 11.1 Å². The van der Waals surface area contributed by atoms with Crippen molar-refractivity contribution in [1.82, 2.24) is 10.2 Å². The van der Waals surface area contributed by atoms with Gasteiger partial charge in [-0.25, -0.2) is 4.79 Å². The van der Waals surface area contributed by atoms with Gasteiger partial charge in [0.05, 0.1) is 12.0 Å². The summed E-state index contributed by atoms with van der Waals surface area (Å²) in [6.45, 7) is 1.22. The van der Waals surface area contributed by atoms with Gasteiger partial charge in [-0.2, -0.15) is 0 Å². The van der Waals surface area contributed by atoms with Crippen LogP contribution in [-0.4, -0.2) is 67.4 Å². The first-order valence-electron chi connectivity index (χ1n) is 12.2. The molecule has 2 aromatic carbocycles. The number of carboxylic acids is 1. The largest absolute Gasteiger partial charge is 0.481 e. The van der Waals surface area contributed by atoms with Gasteiger partial charge in [-0.05, 0) is 41.0 Å². The van der Waals surface area contributed by atoms with Crippen molar-refractivity contribution >= 4 is 18.0 Å². The number of carboxylic acid groups (broad SMARTS) is 1. The third kappa shape index (κ3) is 4.38. The van der Waals surface area contributed by atoms with Crippen molar-refractivity contribution in [3.05, 3.63) is 59.7 Å². The van der Waals surface area contributed by atoms with Crippen molar-refractivity contribution in [1.29, 1.82) is 0 Å². The summed E-state index contributed by atoms with van der Waals surface area (Å²) >= 11 is 0. The minimum atomic E-state index is -0.802. The molecule has 0 spiro atoms. The average Bonchev–Trinajstić information content (AvgIpc) is 3.52. The molecule has 0 bridgehead atoms. The molecule has 5 rings (SSSR count). The average molecular weight is 479 g/mol. The number of nitrogens with zero attached hydrogens (tertiary/aromatic N) is 1. The number of carbonyl (C=O) groups is 3. The van der Waals surface area contributed by atoms with Crippen molar-refractivity contribution < 1.29 is 29.0 Å². The van der Waals surface area contributed by atoms with Crippen LogP contribution in [0.3, 0.4) is 0 Å². The van der Waals surface area contributed by atoms with E-state index in [2.05, 4.69) is 29.6 Å². The number of nitrogens with one attached hydrogen (secondary N) is 1. The minimum absolute atomic E-state index is 0.00364. The summed E-state index contributed by atoms with van der Waals surface area (Å²) in [7, 11) is 0. The number of aliphatic carboxylic acids is 1. The van der Waals surface area contributed by atoms with Crippen molar-refractivity contribution in [3.63, 3.8) is 0 Å². The van der Waals surface area contributed by atoms with Gasteiger partial charge in [0.25, 0.3) is 0 Å². The van der Waals surface area contributed by atoms with E-state index in [1.807, 2.05) is 24.3 Å². The maximum absolute atomic E-state index is 12.5. The van der Waals surface area contributed by atoms with Crippen molar-refractivity contribution in [2.75, 3.05) is 39.5 Å². The van der Waals surface area contributed by atoms with Gasteiger partial charge in [0.2, 0.25) is 5.91 Å². The molecule has 184 valence electrons. The Balaban J connectivity index is 1.03. The molecule has 8 nitrogen and oxygen atoms in total. The van der Waals surface area contributed by atoms with Gasteiger partial charge in [-0.3, -0.25) is 9.59 Å². The number of alkyl carbamates (subject to hydrolysis) is 1. The highest BCUT2D eigenvalue weighted by Gasteiger charge is 2.55. The first kappa shape index (κ1) is 23.4. The second kappa shape index (κ2) is 9.70. The van der Waals surface area contributed by atoms with Crippen molar-refractivity contribution in [2.45, 2.75) is 25.2 Å². The van der Waals surface area contributed by atoms with E-state index in [9.17, 15) is 19.5 Å². The van der Waals surface area contributed by atoms with Crippen LogP contribution >= 0.6 is 0 Å². The van der Waals surface area contributed by atoms with Crippen LogP contribution in [0.15, 0.2) is 48.5 Å². The fraction of sp³-hybridized carbons (Fsp3) is 0.444. The molecular weight excluding hydrogens is 448 g/mol. The summed E-state index contributed by atoms with van der Waals surface area (Å²) in [5.74, 6) is -0.986. The summed E-state index contributed by atoms with van der Waals surface area (Å²) in [5.41, 5.74) is 3.86. The third-order valence-corrected chi connectivity index (χ3v) is 7.73. The topological polar surface area (TPSA) is 105 Å². The summed E-state index contributed by atoms with van der Waals surface area (Å²) < 4.78 is 10.9. The molecule has 8 heteroatoms. The van der Waals surface area contributed by atoms with Gasteiger partial charge in [-0.1, -0.05) is 55.0 Å². The Hall–Kier alpha value is -3.39. The molecule has 2 atom stereocenters. The first-order valence-corrected chi connectivity index (χ1v) is 12.2. The molecule has 1 aliphatic heterocycles. The number of hydrogen-bond acceptors (Lipinski definition) is 5. The molecule has 0 aromatic heterocycles. The van der Waals surface area contributed by atoms with Gasteiger partial charge in [0, 0.05) is 25.6 Å². The Bertz CT molecular complexity index is 1090. The molecule has 1 saturated carbocycles. The Kier molecular flexibility index (Phi) is 6.47. The highest BCUT2D eigenvalue weighted by molar-refractivity contribution is 5.82. The lowest BCUT2D eigenvalue weighted by atomic mass is 9.81. The standard InChI is InChI=1S/C27H30N2O6/c30-24(29-14-18-6-5-11-27(18,17-29)25(31)32)16-34-13-12-28-26(33)35-15-23-21-9-3-1-7-19(21)20-8-2-4-10-22(20)23/h1-4,7-10,18,23H,5-6,11-17H2,(H,28,33)(H,31,32)/t18-,27-/m0/s1. The lowest BCUT2D eigenvalue weighted by molar-refractivity contribution is -0.149. The van der Waals surface area contributed by atoms with Crippen LogP contribution in [0.4, 0.5) is 4.79 Å². The summed E-state index contributed by atoms with van der Waals surface area (Å²) in [4.78, 5) is 38.1. The zero-order valence-electron chi connectivity index (χ0n) is 19.6. The van der Waals surface area contributed by atoms with E-state index >= 15 is 0 Å². The van der Waals surface area contributed by atoms with Crippen molar-refractivity contribution in [2.24, 2.45) is 11.3 Å². The fourth-order valence-corrected chi connectivity index (χ4v) is 5.95. The van der Waals surface area contributed by atoms with Crippen LogP contribution in [0.1, 0.15) is 36.3 Å². The third-order valence-electron chi connectivity index (χ3n) is 7.73. The highest BCUT2D eigenvalue weighted by atomic mass is 16.5. The molecule has 35 heavy (non-hydrogen) atoms. The molecule has 1 heterocycles. The molecule has 2 aliphatic carbocycles. The molecule has 2 fully saturated rings. The fourth-order valence-electron chi connectivity index (χ4n) is 5.95. The van der Waals surface area contributed by atoms with Gasteiger partial charge >= 0.3 is 12.1 Å².